The van der Waals surface area contributed by atoms with Gasteiger partial charge in [0.05, 0.1) is 12.8 Å². The Hall–Kier alpha value is -1.57. The molecule has 120 valence electrons. The number of nitrogens with zero attached hydrogens (tertiary/aromatic N) is 1. The molecule has 0 atom stereocenters. The summed E-state index contributed by atoms with van der Waals surface area (Å²) in [7, 11) is 0. The van der Waals surface area contributed by atoms with Crippen molar-refractivity contribution in [3.63, 3.8) is 0 Å². The molecule has 0 unspecified atom stereocenters. The third-order valence-electron chi connectivity index (χ3n) is 2.92. The maximum absolute atomic E-state index is 12.8. The largest absolute Gasteiger partial charge is 0.469 e. The number of guanidine groups is 1. The van der Waals surface area contributed by atoms with E-state index in [1.54, 1.807) is 18.4 Å². The van der Waals surface area contributed by atoms with Crippen LogP contribution in [0.5, 0.6) is 0 Å². The van der Waals surface area contributed by atoms with Gasteiger partial charge >= 0.3 is 0 Å². The predicted octanol–water partition coefficient (Wildman–Crippen LogP) is 3.33. The molecule has 22 heavy (non-hydrogen) atoms. The number of nitrogens with one attached hydrogen (secondary N) is 2. The summed E-state index contributed by atoms with van der Waals surface area (Å²) < 4.78 is 18.1. The summed E-state index contributed by atoms with van der Waals surface area (Å²) in [5.74, 6) is 1.46. The summed E-state index contributed by atoms with van der Waals surface area (Å²) in [4.78, 5) is 4.47. The summed E-state index contributed by atoms with van der Waals surface area (Å²) in [6, 6.07) is 10.2. The van der Waals surface area contributed by atoms with Gasteiger partial charge in [-0.1, -0.05) is 12.1 Å². The zero-order valence-electron chi connectivity index (χ0n) is 12.5. The van der Waals surface area contributed by atoms with E-state index < -0.39 is 0 Å². The van der Waals surface area contributed by atoms with Crippen LogP contribution in [0.15, 0.2) is 52.1 Å². The van der Waals surface area contributed by atoms with Crippen LogP contribution >= 0.6 is 24.0 Å². The fourth-order valence-electron chi connectivity index (χ4n) is 1.86. The fraction of sp³-hybridized carbons (Fsp3) is 0.312. The van der Waals surface area contributed by atoms with Crippen molar-refractivity contribution in [3.05, 3.63) is 59.8 Å². The van der Waals surface area contributed by atoms with Gasteiger partial charge in [-0.25, -0.2) is 9.38 Å². The molecular formula is C16H21FIN3O. The van der Waals surface area contributed by atoms with Gasteiger partial charge in [-0.3, -0.25) is 0 Å². The molecule has 0 aliphatic rings. The molecule has 0 spiro atoms. The van der Waals surface area contributed by atoms with Crippen LogP contribution in [0.4, 0.5) is 4.39 Å². The Kier molecular flexibility index (Phi) is 8.57. The lowest BCUT2D eigenvalue weighted by molar-refractivity contribution is 0.507. The minimum atomic E-state index is -0.230. The minimum Gasteiger partial charge on any atom is -0.469 e. The smallest absolute Gasteiger partial charge is 0.191 e. The van der Waals surface area contributed by atoms with E-state index in [1.807, 2.05) is 19.1 Å². The Morgan fingerprint density at radius 1 is 1.18 bits per heavy atom. The molecule has 4 nitrogen and oxygen atoms in total. The van der Waals surface area contributed by atoms with E-state index in [1.165, 1.54) is 12.1 Å². The van der Waals surface area contributed by atoms with E-state index in [2.05, 4.69) is 15.6 Å². The SMILES string of the molecule is CCNC(=NCc1ccc(F)cc1)NCCc1ccco1.I. The highest BCUT2D eigenvalue weighted by Crippen LogP contribution is 2.04. The van der Waals surface area contributed by atoms with Gasteiger partial charge in [0, 0.05) is 19.5 Å². The van der Waals surface area contributed by atoms with E-state index in [0.717, 1.165) is 36.8 Å². The topological polar surface area (TPSA) is 49.6 Å². The molecule has 0 aliphatic heterocycles. The van der Waals surface area contributed by atoms with Crippen molar-refractivity contribution in [2.75, 3.05) is 13.1 Å². The zero-order valence-corrected chi connectivity index (χ0v) is 14.8. The first-order chi connectivity index (χ1) is 10.3. The first kappa shape index (κ1) is 18.5. The molecular weight excluding hydrogens is 396 g/mol. The highest BCUT2D eigenvalue weighted by molar-refractivity contribution is 14.0. The van der Waals surface area contributed by atoms with E-state index in [-0.39, 0.29) is 29.8 Å². The second-order valence-corrected chi connectivity index (χ2v) is 4.58. The zero-order chi connectivity index (χ0) is 14.9. The van der Waals surface area contributed by atoms with Crippen LogP contribution in [0.3, 0.4) is 0 Å². The molecule has 6 heteroatoms. The van der Waals surface area contributed by atoms with Crippen molar-refractivity contribution >= 4 is 29.9 Å². The Bertz CT molecular complexity index is 555. The molecule has 1 aromatic carbocycles. The van der Waals surface area contributed by atoms with Crippen molar-refractivity contribution in [2.24, 2.45) is 4.99 Å². The molecule has 0 radical (unpaired) electrons. The van der Waals surface area contributed by atoms with Crippen LogP contribution < -0.4 is 10.6 Å². The van der Waals surface area contributed by atoms with E-state index >= 15 is 0 Å². The van der Waals surface area contributed by atoms with Crippen LogP contribution in [0.1, 0.15) is 18.2 Å². The Morgan fingerprint density at radius 2 is 1.95 bits per heavy atom. The van der Waals surface area contributed by atoms with Crippen LogP contribution in [0.2, 0.25) is 0 Å². The van der Waals surface area contributed by atoms with Gasteiger partial charge in [0.1, 0.15) is 11.6 Å². The lowest BCUT2D eigenvalue weighted by atomic mass is 10.2. The van der Waals surface area contributed by atoms with Crippen molar-refractivity contribution < 1.29 is 8.81 Å². The second kappa shape index (κ2) is 10.2. The normalized spacial score (nSPS) is 10.9. The van der Waals surface area contributed by atoms with Crippen molar-refractivity contribution in [1.29, 1.82) is 0 Å². The highest BCUT2D eigenvalue weighted by Gasteiger charge is 2.00. The molecule has 1 heterocycles. The lowest BCUT2D eigenvalue weighted by Crippen LogP contribution is -2.38. The van der Waals surface area contributed by atoms with E-state index in [0.29, 0.717) is 6.54 Å². The maximum Gasteiger partial charge on any atom is 0.191 e. The number of furan rings is 1. The third kappa shape index (κ3) is 6.46. The number of benzene rings is 1. The van der Waals surface area contributed by atoms with Gasteiger partial charge in [-0.2, -0.15) is 0 Å². The van der Waals surface area contributed by atoms with Crippen LogP contribution in [0, 0.1) is 5.82 Å². The summed E-state index contributed by atoms with van der Waals surface area (Å²) >= 11 is 0. The molecule has 1 aromatic heterocycles. The molecule has 0 fully saturated rings. The number of hydrogen-bond acceptors (Lipinski definition) is 2. The number of halogens is 2. The maximum atomic E-state index is 12.8. The number of hydrogen-bond donors (Lipinski definition) is 2. The Balaban J connectivity index is 0.00000242. The molecule has 2 rings (SSSR count). The predicted molar refractivity (Wildman–Crippen MR) is 97.0 cm³/mol. The first-order valence-electron chi connectivity index (χ1n) is 7.07. The van der Waals surface area contributed by atoms with Crippen LogP contribution in [-0.4, -0.2) is 19.0 Å². The highest BCUT2D eigenvalue weighted by atomic mass is 127. The summed E-state index contributed by atoms with van der Waals surface area (Å²) in [6.45, 7) is 4.05. The first-order valence-corrected chi connectivity index (χ1v) is 7.07. The standard InChI is InChI=1S/C16H20FN3O.HI/c1-2-18-16(19-10-9-15-4-3-11-21-15)20-12-13-5-7-14(17)8-6-13;/h3-8,11H,2,9-10,12H2,1H3,(H2,18,19,20);1H. The van der Waals surface area contributed by atoms with Gasteiger partial charge < -0.3 is 15.1 Å². The quantitative estimate of drug-likeness (QED) is 0.431. The molecule has 2 N–H and O–H groups in total. The van der Waals surface area contributed by atoms with Gasteiger partial charge in [0.2, 0.25) is 0 Å². The molecule has 2 aromatic rings. The average Bonchev–Trinajstić information content (AvgIpc) is 3.00. The minimum absolute atomic E-state index is 0. The second-order valence-electron chi connectivity index (χ2n) is 4.58. The van der Waals surface area contributed by atoms with E-state index in [9.17, 15) is 4.39 Å². The monoisotopic (exact) mass is 417 g/mol. The van der Waals surface area contributed by atoms with Crippen molar-refractivity contribution in [1.82, 2.24) is 10.6 Å². The number of rotatable bonds is 6. The molecule has 0 saturated carbocycles. The van der Waals surface area contributed by atoms with Gasteiger partial charge in [-0.15, -0.1) is 24.0 Å². The number of aliphatic imine (C=N–C) groups is 1. The summed E-state index contributed by atoms with van der Waals surface area (Å²) in [5, 5.41) is 6.42. The van der Waals surface area contributed by atoms with Gasteiger partial charge in [0.15, 0.2) is 5.96 Å². The fourth-order valence-corrected chi connectivity index (χ4v) is 1.86. The summed E-state index contributed by atoms with van der Waals surface area (Å²) in [5.41, 5.74) is 0.972. The molecule has 0 saturated heterocycles. The van der Waals surface area contributed by atoms with E-state index in [4.69, 9.17) is 4.42 Å². The van der Waals surface area contributed by atoms with Gasteiger partial charge in [-0.05, 0) is 36.8 Å². The molecule has 0 bridgehead atoms. The molecule has 0 aliphatic carbocycles. The summed E-state index contributed by atoms with van der Waals surface area (Å²) in [6.07, 6.45) is 2.47. The van der Waals surface area contributed by atoms with Crippen LogP contribution in [-0.2, 0) is 13.0 Å². The average molecular weight is 417 g/mol. The Labute approximate surface area is 147 Å². The lowest BCUT2D eigenvalue weighted by Gasteiger charge is -2.10. The Morgan fingerprint density at radius 3 is 2.59 bits per heavy atom. The molecule has 0 amide bonds. The van der Waals surface area contributed by atoms with Crippen molar-refractivity contribution in [3.8, 4) is 0 Å². The third-order valence-corrected chi connectivity index (χ3v) is 2.92. The van der Waals surface area contributed by atoms with Gasteiger partial charge in [0.25, 0.3) is 0 Å². The van der Waals surface area contributed by atoms with Crippen LogP contribution in [0.25, 0.3) is 0 Å². The van der Waals surface area contributed by atoms with Crippen molar-refractivity contribution in [2.45, 2.75) is 19.9 Å².